The van der Waals surface area contributed by atoms with Gasteiger partial charge in [0.05, 0.1) is 11.6 Å². The molecular formula is C20H15N5O3. The third-order valence-electron chi connectivity index (χ3n) is 4.03. The van der Waals surface area contributed by atoms with Gasteiger partial charge in [-0.2, -0.15) is 5.26 Å². The van der Waals surface area contributed by atoms with Crippen molar-refractivity contribution in [3.8, 4) is 17.6 Å². The fourth-order valence-electron chi connectivity index (χ4n) is 2.66. The van der Waals surface area contributed by atoms with Crippen molar-refractivity contribution in [1.82, 2.24) is 9.97 Å². The average molecular weight is 373 g/mol. The van der Waals surface area contributed by atoms with Crippen LogP contribution in [0.4, 0.5) is 11.6 Å². The van der Waals surface area contributed by atoms with Crippen molar-refractivity contribution < 1.29 is 14.3 Å². The van der Waals surface area contributed by atoms with E-state index < -0.39 is 0 Å². The number of carbonyl (C=O) groups excluding carboxylic acids is 1. The summed E-state index contributed by atoms with van der Waals surface area (Å²) in [6.45, 7) is 0.690. The van der Waals surface area contributed by atoms with Crippen molar-refractivity contribution in [1.29, 1.82) is 5.26 Å². The number of hydrogen-bond donors (Lipinski definition) is 2. The van der Waals surface area contributed by atoms with E-state index in [0.717, 1.165) is 11.3 Å². The molecule has 0 atom stereocenters. The molecule has 1 aliphatic heterocycles. The van der Waals surface area contributed by atoms with E-state index in [1.54, 1.807) is 24.3 Å². The molecule has 2 N–H and O–H groups in total. The summed E-state index contributed by atoms with van der Waals surface area (Å²) in [6.07, 6.45) is 1.51. The number of carbonyl (C=O) groups is 1. The molecule has 0 radical (unpaired) electrons. The largest absolute Gasteiger partial charge is 0.454 e. The maximum absolute atomic E-state index is 12.4. The van der Waals surface area contributed by atoms with E-state index in [4.69, 9.17) is 14.7 Å². The highest BCUT2D eigenvalue weighted by atomic mass is 16.7. The number of fused-ring (bicyclic) bond motifs is 1. The van der Waals surface area contributed by atoms with Crippen LogP contribution in [0, 0.1) is 11.3 Å². The third-order valence-corrected chi connectivity index (χ3v) is 4.03. The highest BCUT2D eigenvalue weighted by Crippen LogP contribution is 2.32. The molecule has 3 aromatic rings. The molecule has 0 saturated carbocycles. The zero-order valence-electron chi connectivity index (χ0n) is 14.7. The van der Waals surface area contributed by atoms with Gasteiger partial charge in [0.2, 0.25) is 12.7 Å². The molecule has 0 saturated heterocycles. The minimum Gasteiger partial charge on any atom is -0.454 e. The zero-order chi connectivity index (χ0) is 19.3. The molecule has 2 aromatic carbocycles. The van der Waals surface area contributed by atoms with Crippen LogP contribution < -0.4 is 20.1 Å². The molecule has 4 rings (SSSR count). The molecule has 1 aliphatic rings. The number of amides is 1. The Hall–Kier alpha value is -4.12. The Kier molecular flexibility index (Phi) is 4.72. The zero-order valence-corrected chi connectivity index (χ0v) is 14.7. The number of nitrogens with zero attached hydrogens (tertiary/aromatic N) is 3. The van der Waals surface area contributed by atoms with Gasteiger partial charge in [0, 0.05) is 18.4 Å². The summed E-state index contributed by atoms with van der Waals surface area (Å²) >= 11 is 0. The second-order valence-electron chi connectivity index (χ2n) is 5.95. The smallest absolute Gasteiger partial charge is 0.274 e. The lowest BCUT2D eigenvalue weighted by Crippen LogP contribution is -2.15. The maximum atomic E-state index is 12.4. The van der Waals surface area contributed by atoms with E-state index in [-0.39, 0.29) is 18.4 Å². The SMILES string of the molecule is N#Cc1cccc(NC(=O)c2ccnc(NCc3ccc4c(c3)OCO4)n2)c1. The van der Waals surface area contributed by atoms with Crippen LogP contribution in [0.5, 0.6) is 11.5 Å². The molecule has 0 bridgehead atoms. The minimum atomic E-state index is -0.386. The lowest BCUT2D eigenvalue weighted by atomic mass is 10.2. The van der Waals surface area contributed by atoms with E-state index in [1.165, 1.54) is 12.3 Å². The number of rotatable bonds is 5. The molecule has 1 aromatic heterocycles. The van der Waals surface area contributed by atoms with Gasteiger partial charge in [-0.05, 0) is 42.0 Å². The normalized spacial score (nSPS) is 11.5. The van der Waals surface area contributed by atoms with Crippen LogP contribution in [0.1, 0.15) is 21.6 Å². The number of nitrogens with one attached hydrogen (secondary N) is 2. The number of benzene rings is 2. The fourth-order valence-corrected chi connectivity index (χ4v) is 2.66. The Labute approximate surface area is 160 Å². The molecule has 0 unspecified atom stereocenters. The summed E-state index contributed by atoms with van der Waals surface area (Å²) in [6, 6.07) is 15.9. The number of aromatic nitrogens is 2. The summed E-state index contributed by atoms with van der Waals surface area (Å²) in [5.41, 5.74) is 2.17. The first kappa shape index (κ1) is 17.3. The van der Waals surface area contributed by atoms with E-state index >= 15 is 0 Å². The Morgan fingerprint density at radius 2 is 2.04 bits per heavy atom. The Bertz CT molecular complexity index is 1080. The molecule has 138 valence electrons. The predicted octanol–water partition coefficient (Wildman–Crippen LogP) is 2.94. The summed E-state index contributed by atoms with van der Waals surface area (Å²) < 4.78 is 10.7. The van der Waals surface area contributed by atoms with Crippen molar-refractivity contribution in [2.75, 3.05) is 17.4 Å². The van der Waals surface area contributed by atoms with Crippen LogP contribution >= 0.6 is 0 Å². The molecule has 1 amide bonds. The second kappa shape index (κ2) is 7.63. The molecule has 2 heterocycles. The number of hydrogen-bond acceptors (Lipinski definition) is 7. The summed E-state index contributed by atoms with van der Waals surface area (Å²) in [4.78, 5) is 20.8. The van der Waals surface area contributed by atoms with Gasteiger partial charge < -0.3 is 20.1 Å². The van der Waals surface area contributed by atoms with Crippen molar-refractivity contribution in [3.05, 3.63) is 71.5 Å². The summed E-state index contributed by atoms with van der Waals surface area (Å²) in [7, 11) is 0. The predicted molar refractivity (Wildman–Crippen MR) is 101 cm³/mol. The monoisotopic (exact) mass is 373 g/mol. The molecule has 0 aliphatic carbocycles. The van der Waals surface area contributed by atoms with Crippen LogP contribution in [-0.2, 0) is 6.54 Å². The first-order valence-corrected chi connectivity index (χ1v) is 8.48. The van der Waals surface area contributed by atoms with Gasteiger partial charge in [-0.3, -0.25) is 4.79 Å². The van der Waals surface area contributed by atoms with Gasteiger partial charge in [-0.15, -0.1) is 0 Å². The van der Waals surface area contributed by atoms with Crippen LogP contribution in [0.15, 0.2) is 54.7 Å². The number of anilines is 2. The van der Waals surface area contributed by atoms with E-state index in [1.807, 2.05) is 24.3 Å². The fraction of sp³-hybridized carbons (Fsp3) is 0.100. The van der Waals surface area contributed by atoms with Gasteiger partial charge in [0.1, 0.15) is 5.69 Å². The summed E-state index contributed by atoms with van der Waals surface area (Å²) in [5, 5.41) is 14.8. The first-order valence-electron chi connectivity index (χ1n) is 8.48. The van der Waals surface area contributed by atoms with Crippen LogP contribution in [0.3, 0.4) is 0 Å². The van der Waals surface area contributed by atoms with Gasteiger partial charge in [0.25, 0.3) is 5.91 Å². The summed E-state index contributed by atoms with van der Waals surface area (Å²) in [5.74, 6) is 1.37. The lowest BCUT2D eigenvalue weighted by molar-refractivity contribution is 0.102. The lowest BCUT2D eigenvalue weighted by Gasteiger charge is -2.08. The average Bonchev–Trinajstić information content (AvgIpc) is 3.20. The molecule has 8 heteroatoms. The highest BCUT2D eigenvalue weighted by molar-refractivity contribution is 6.03. The second-order valence-corrected chi connectivity index (χ2v) is 5.95. The van der Waals surface area contributed by atoms with E-state index in [0.29, 0.717) is 29.5 Å². The molecule has 0 fully saturated rings. The first-order chi connectivity index (χ1) is 13.7. The van der Waals surface area contributed by atoms with Gasteiger partial charge in [-0.1, -0.05) is 12.1 Å². The standard InChI is InChI=1S/C20H15N5O3/c21-10-13-2-1-3-15(8-13)24-19(26)16-6-7-22-20(25-16)23-11-14-4-5-17-18(9-14)28-12-27-17/h1-9H,11-12H2,(H,24,26)(H,22,23,25). The van der Waals surface area contributed by atoms with Crippen molar-refractivity contribution >= 4 is 17.5 Å². The van der Waals surface area contributed by atoms with E-state index in [2.05, 4.69) is 20.6 Å². The van der Waals surface area contributed by atoms with Gasteiger partial charge >= 0.3 is 0 Å². The highest BCUT2D eigenvalue weighted by Gasteiger charge is 2.13. The van der Waals surface area contributed by atoms with Crippen molar-refractivity contribution in [3.63, 3.8) is 0 Å². The van der Waals surface area contributed by atoms with Gasteiger partial charge in [-0.25, -0.2) is 9.97 Å². The van der Waals surface area contributed by atoms with Crippen LogP contribution in [0.25, 0.3) is 0 Å². The Morgan fingerprint density at radius 3 is 2.93 bits per heavy atom. The molecule has 28 heavy (non-hydrogen) atoms. The van der Waals surface area contributed by atoms with Crippen LogP contribution in [0.2, 0.25) is 0 Å². The van der Waals surface area contributed by atoms with Crippen molar-refractivity contribution in [2.24, 2.45) is 0 Å². The van der Waals surface area contributed by atoms with Crippen LogP contribution in [-0.4, -0.2) is 22.7 Å². The third kappa shape index (κ3) is 3.83. The molecular weight excluding hydrogens is 358 g/mol. The number of nitriles is 1. The topological polar surface area (TPSA) is 109 Å². The maximum Gasteiger partial charge on any atom is 0.274 e. The Morgan fingerprint density at radius 1 is 1.14 bits per heavy atom. The van der Waals surface area contributed by atoms with Gasteiger partial charge in [0.15, 0.2) is 11.5 Å². The molecule has 0 spiro atoms. The Balaban J connectivity index is 1.42. The number of ether oxygens (including phenoxy) is 2. The van der Waals surface area contributed by atoms with E-state index in [9.17, 15) is 4.79 Å². The molecule has 8 nitrogen and oxygen atoms in total. The minimum absolute atomic E-state index is 0.213. The van der Waals surface area contributed by atoms with Crippen molar-refractivity contribution in [2.45, 2.75) is 6.54 Å². The quantitative estimate of drug-likeness (QED) is 0.707.